The number of aryl methyl sites for hydroxylation is 1. The highest BCUT2D eigenvalue weighted by atomic mass is 79.9. The van der Waals surface area contributed by atoms with Crippen molar-refractivity contribution in [2.45, 2.75) is 45.5 Å². The number of rotatable bonds is 8. The van der Waals surface area contributed by atoms with Crippen LogP contribution >= 0.6 is 40.7 Å². The van der Waals surface area contributed by atoms with Crippen molar-refractivity contribution >= 4 is 40.7 Å². The van der Waals surface area contributed by atoms with Crippen molar-refractivity contribution < 1.29 is 4.74 Å². The highest BCUT2D eigenvalue weighted by molar-refractivity contribution is 9.10. The molecule has 3 aromatic carbocycles. The van der Waals surface area contributed by atoms with Gasteiger partial charge in [0, 0.05) is 29.2 Å². The number of hydrogen-bond donors (Lipinski definition) is 1. The predicted octanol–water partition coefficient (Wildman–Crippen LogP) is 6.93. The van der Waals surface area contributed by atoms with E-state index in [1.165, 1.54) is 35.1 Å². The van der Waals surface area contributed by atoms with Crippen LogP contribution in [0.25, 0.3) is 0 Å². The van der Waals surface area contributed by atoms with Gasteiger partial charge in [0.05, 0.1) is 0 Å². The number of halogens is 3. The number of nitrogens with zero attached hydrogens (tertiary/aromatic N) is 1. The van der Waals surface area contributed by atoms with Crippen molar-refractivity contribution in [1.82, 2.24) is 10.2 Å². The Morgan fingerprint density at radius 2 is 1.61 bits per heavy atom. The molecule has 0 atom stereocenters. The normalized spacial score (nSPS) is 14.2. The van der Waals surface area contributed by atoms with Gasteiger partial charge in [-0.05, 0) is 62.2 Å². The maximum Gasteiger partial charge on any atom is 0.124 e. The number of hydrogen-bond acceptors (Lipinski definition) is 3. The predicted molar refractivity (Wildman–Crippen MR) is 146 cm³/mol. The molecule has 3 aromatic rings. The monoisotopic (exact) mass is 550 g/mol. The van der Waals surface area contributed by atoms with Gasteiger partial charge in [-0.15, -0.1) is 24.8 Å². The zero-order valence-electron chi connectivity index (χ0n) is 19.0. The maximum absolute atomic E-state index is 6.17. The molecule has 1 aliphatic rings. The van der Waals surface area contributed by atoms with Gasteiger partial charge in [0.1, 0.15) is 12.4 Å². The summed E-state index contributed by atoms with van der Waals surface area (Å²) in [5, 5.41) is 3.77. The van der Waals surface area contributed by atoms with E-state index in [-0.39, 0.29) is 24.8 Å². The van der Waals surface area contributed by atoms with Crippen molar-refractivity contribution in [2.75, 3.05) is 13.1 Å². The van der Waals surface area contributed by atoms with Crippen molar-refractivity contribution in [3.8, 4) is 5.75 Å². The second-order valence-electron chi connectivity index (χ2n) is 8.44. The molecule has 33 heavy (non-hydrogen) atoms. The van der Waals surface area contributed by atoms with Gasteiger partial charge in [0.25, 0.3) is 0 Å². The molecule has 0 unspecified atom stereocenters. The lowest BCUT2D eigenvalue weighted by Crippen LogP contribution is -2.41. The molecule has 0 amide bonds. The molecule has 0 saturated carbocycles. The Morgan fingerprint density at radius 3 is 2.30 bits per heavy atom. The number of nitrogens with one attached hydrogen (secondary N) is 1. The summed E-state index contributed by atoms with van der Waals surface area (Å²) in [5.41, 5.74) is 5.07. The van der Waals surface area contributed by atoms with E-state index in [1.54, 1.807) is 0 Å². The molecule has 1 heterocycles. The van der Waals surface area contributed by atoms with Crippen LogP contribution in [-0.4, -0.2) is 24.0 Å². The fourth-order valence-electron chi connectivity index (χ4n) is 4.06. The zero-order chi connectivity index (χ0) is 21.5. The van der Waals surface area contributed by atoms with Crippen LogP contribution in [0.15, 0.2) is 77.3 Å². The molecule has 1 N–H and O–H groups in total. The van der Waals surface area contributed by atoms with Crippen LogP contribution in [0.2, 0.25) is 0 Å². The Kier molecular flexibility index (Phi) is 11.7. The number of benzene rings is 3. The Bertz CT molecular complexity index is 962. The van der Waals surface area contributed by atoms with Crippen LogP contribution in [0.3, 0.4) is 0 Å². The Hall–Kier alpha value is -1.56. The summed E-state index contributed by atoms with van der Waals surface area (Å²) in [5.74, 6) is 0.956. The standard InChI is InChI=1S/C27H31BrN2O.2ClH/c1-21-7-9-23(10-8-21)20-31-27-12-11-25(28)17-24(27)18-29-26-13-15-30(16-14-26)19-22-5-3-2-4-6-22;;/h2-12,17,26,29H,13-16,18-20H2,1H3;2*1H. The Morgan fingerprint density at radius 1 is 0.909 bits per heavy atom. The van der Waals surface area contributed by atoms with Gasteiger partial charge in [-0.3, -0.25) is 4.90 Å². The van der Waals surface area contributed by atoms with Gasteiger partial charge in [-0.2, -0.15) is 0 Å². The van der Waals surface area contributed by atoms with E-state index in [1.807, 2.05) is 0 Å². The lowest BCUT2D eigenvalue weighted by molar-refractivity contribution is 0.189. The molecule has 6 heteroatoms. The minimum absolute atomic E-state index is 0. The van der Waals surface area contributed by atoms with Gasteiger partial charge in [-0.25, -0.2) is 0 Å². The third-order valence-electron chi connectivity index (χ3n) is 5.96. The quantitative estimate of drug-likeness (QED) is 0.328. The first-order chi connectivity index (χ1) is 15.2. The highest BCUT2D eigenvalue weighted by Gasteiger charge is 2.19. The van der Waals surface area contributed by atoms with Crippen LogP contribution in [0.4, 0.5) is 0 Å². The van der Waals surface area contributed by atoms with E-state index >= 15 is 0 Å². The third-order valence-corrected chi connectivity index (χ3v) is 6.45. The van der Waals surface area contributed by atoms with E-state index in [0.717, 1.165) is 36.4 Å². The fraction of sp³-hybridized carbons (Fsp3) is 0.333. The molecule has 178 valence electrons. The number of piperidine rings is 1. The molecule has 0 aromatic heterocycles. The van der Waals surface area contributed by atoms with E-state index < -0.39 is 0 Å². The summed E-state index contributed by atoms with van der Waals surface area (Å²) in [6.45, 7) is 6.86. The van der Waals surface area contributed by atoms with Crippen LogP contribution in [0.5, 0.6) is 5.75 Å². The minimum Gasteiger partial charge on any atom is -0.489 e. The van der Waals surface area contributed by atoms with Crippen LogP contribution in [-0.2, 0) is 19.7 Å². The lowest BCUT2D eigenvalue weighted by atomic mass is 10.0. The molecular formula is C27H33BrCl2N2O. The number of ether oxygens (including phenoxy) is 1. The Balaban J connectivity index is 0.00000193. The minimum atomic E-state index is 0. The second kappa shape index (κ2) is 14.0. The molecule has 0 bridgehead atoms. The maximum atomic E-state index is 6.17. The number of likely N-dealkylation sites (tertiary alicyclic amines) is 1. The van der Waals surface area contributed by atoms with Crippen molar-refractivity contribution in [1.29, 1.82) is 0 Å². The largest absolute Gasteiger partial charge is 0.489 e. The van der Waals surface area contributed by atoms with E-state index in [9.17, 15) is 0 Å². The van der Waals surface area contributed by atoms with Gasteiger partial charge < -0.3 is 10.1 Å². The molecular weight excluding hydrogens is 519 g/mol. The molecule has 1 aliphatic heterocycles. The topological polar surface area (TPSA) is 24.5 Å². The van der Waals surface area contributed by atoms with Gasteiger partial charge in [0.2, 0.25) is 0 Å². The van der Waals surface area contributed by atoms with E-state index in [0.29, 0.717) is 12.6 Å². The molecule has 3 nitrogen and oxygen atoms in total. The fourth-order valence-corrected chi connectivity index (χ4v) is 4.47. The summed E-state index contributed by atoms with van der Waals surface area (Å²) in [6.07, 6.45) is 2.36. The van der Waals surface area contributed by atoms with Gasteiger partial charge in [0.15, 0.2) is 0 Å². The average molecular weight is 552 g/mol. The molecule has 0 radical (unpaired) electrons. The highest BCUT2D eigenvalue weighted by Crippen LogP contribution is 2.25. The molecule has 0 spiro atoms. The first-order valence-electron chi connectivity index (χ1n) is 11.1. The van der Waals surface area contributed by atoms with E-state index in [2.05, 4.69) is 106 Å². The van der Waals surface area contributed by atoms with Crippen LogP contribution in [0, 0.1) is 6.92 Å². The summed E-state index contributed by atoms with van der Waals surface area (Å²) in [4.78, 5) is 2.56. The average Bonchev–Trinajstić information content (AvgIpc) is 2.80. The van der Waals surface area contributed by atoms with Crippen molar-refractivity contribution in [3.05, 3.63) is 99.5 Å². The van der Waals surface area contributed by atoms with Gasteiger partial charge in [-0.1, -0.05) is 76.1 Å². The smallest absolute Gasteiger partial charge is 0.124 e. The lowest BCUT2D eigenvalue weighted by Gasteiger charge is -2.32. The zero-order valence-corrected chi connectivity index (χ0v) is 22.2. The first kappa shape index (κ1) is 27.7. The molecule has 1 fully saturated rings. The molecule has 0 aliphatic carbocycles. The van der Waals surface area contributed by atoms with Crippen molar-refractivity contribution in [2.24, 2.45) is 0 Å². The summed E-state index contributed by atoms with van der Waals surface area (Å²) in [7, 11) is 0. The molecule has 4 rings (SSSR count). The summed E-state index contributed by atoms with van der Waals surface area (Å²) >= 11 is 3.62. The first-order valence-corrected chi connectivity index (χ1v) is 11.9. The third kappa shape index (κ3) is 8.62. The molecule has 1 saturated heterocycles. The van der Waals surface area contributed by atoms with Crippen molar-refractivity contribution in [3.63, 3.8) is 0 Å². The summed E-state index contributed by atoms with van der Waals surface area (Å²) in [6, 6.07) is 26.1. The second-order valence-corrected chi connectivity index (χ2v) is 9.36. The van der Waals surface area contributed by atoms with E-state index in [4.69, 9.17) is 4.74 Å². The Labute approximate surface area is 218 Å². The van der Waals surface area contributed by atoms with Gasteiger partial charge >= 0.3 is 0 Å². The summed E-state index contributed by atoms with van der Waals surface area (Å²) < 4.78 is 7.26. The van der Waals surface area contributed by atoms with Crippen LogP contribution < -0.4 is 10.1 Å². The van der Waals surface area contributed by atoms with Crippen LogP contribution in [0.1, 0.15) is 35.1 Å². The SMILES string of the molecule is Cc1ccc(COc2ccc(Br)cc2CNC2CCN(Cc3ccccc3)CC2)cc1.Cl.Cl.